The van der Waals surface area contributed by atoms with E-state index in [1.807, 2.05) is 19.1 Å². The lowest BCUT2D eigenvalue weighted by Gasteiger charge is -2.42. The Morgan fingerprint density at radius 2 is 1.72 bits per heavy atom. The number of hydrogen-bond acceptors (Lipinski definition) is 10. The molecule has 236 valence electrons. The quantitative estimate of drug-likeness (QED) is 0.306. The number of carbonyl (C=O) groups excluding carboxylic acids is 1. The molecule has 2 aromatic rings. The predicted octanol–water partition coefficient (Wildman–Crippen LogP) is 3.60. The molecule has 11 heteroatoms. The van der Waals surface area contributed by atoms with Gasteiger partial charge in [0.1, 0.15) is 11.6 Å². The summed E-state index contributed by atoms with van der Waals surface area (Å²) in [5.74, 6) is 1.17. The SMILES string of the molecule is CCCOc1cc(Nc2nc(N[C@H]3CC[C@H](O)CC3)c(CC)nc2C(N)=O)ccc1N1CCC(N2CCN(C)CC2)CC1. The molecule has 2 saturated heterocycles. The van der Waals surface area contributed by atoms with Gasteiger partial charge in [-0.2, -0.15) is 0 Å². The number of piperidine rings is 1. The van der Waals surface area contributed by atoms with Gasteiger partial charge in [0, 0.05) is 63.1 Å². The van der Waals surface area contributed by atoms with Crippen LogP contribution < -0.4 is 26.0 Å². The minimum absolute atomic E-state index is 0.118. The van der Waals surface area contributed by atoms with Crippen LogP contribution >= 0.6 is 0 Å². The number of hydrogen-bond donors (Lipinski definition) is 4. The van der Waals surface area contributed by atoms with Crippen LogP contribution in [0.5, 0.6) is 5.75 Å². The molecule has 1 aliphatic carbocycles. The van der Waals surface area contributed by atoms with Gasteiger partial charge in [0.2, 0.25) is 0 Å². The van der Waals surface area contributed by atoms with E-state index in [-0.39, 0.29) is 17.8 Å². The average molecular weight is 595 g/mol. The minimum atomic E-state index is -0.626. The first-order valence-corrected chi connectivity index (χ1v) is 16.2. The monoisotopic (exact) mass is 594 g/mol. The van der Waals surface area contributed by atoms with Crippen molar-refractivity contribution in [2.24, 2.45) is 5.73 Å². The van der Waals surface area contributed by atoms with Crippen molar-refractivity contribution >= 4 is 28.9 Å². The third kappa shape index (κ3) is 7.87. The van der Waals surface area contributed by atoms with Crippen molar-refractivity contribution in [1.29, 1.82) is 0 Å². The number of likely N-dealkylation sites (N-methyl/N-ethyl adjacent to an activating group) is 1. The first-order valence-electron chi connectivity index (χ1n) is 16.2. The van der Waals surface area contributed by atoms with Gasteiger partial charge in [-0.3, -0.25) is 9.69 Å². The summed E-state index contributed by atoms with van der Waals surface area (Å²) in [6.45, 7) is 11.3. The van der Waals surface area contributed by atoms with E-state index in [9.17, 15) is 9.90 Å². The van der Waals surface area contributed by atoms with E-state index in [0.29, 0.717) is 36.4 Å². The first kappa shape index (κ1) is 31.3. The van der Waals surface area contributed by atoms with Crippen molar-refractivity contribution in [2.75, 3.05) is 68.5 Å². The molecule has 5 rings (SSSR count). The van der Waals surface area contributed by atoms with Crippen molar-refractivity contribution in [1.82, 2.24) is 19.8 Å². The fourth-order valence-corrected chi connectivity index (χ4v) is 6.48. The Bertz CT molecular complexity index is 1220. The van der Waals surface area contributed by atoms with Gasteiger partial charge in [-0.1, -0.05) is 13.8 Å². The number of aliphatic hydroxyl groups is 1. The van der Waals surface area contributed by atoms with Gasteiger partial charge in [0.15, 0.2) is 11.5 Å². The van der Waals surface area contributed by atoms with Crippen molar-refractivity contribution in [3.63, 3.8) is 0 Å². The maximum atomic E-state index is 12.4. The Balaban J connectivity index is 1.33. The highest BCUT2D eigenvalue weighted by atomic mass is 16.5. The molecular weight excluding hydrogens is 544 g/mol. The van der Waals surface area contributed by atoms with E-state index in [4.69, 9.17) is 15.5 Å². The molecule has 3 aliphatic rings. The molecule has 2 aliphatic heterocycles. The summed E-state index contributed by atoms with van der Waals surface area (Å²) in [5.41, 5.74) is 8.44. The van der Waals surface area contributed by atoms with Crippen molar-refractivity contribution in [3.05, 3.63) is 29.6 Å². The molecule has 0 radical (unpaired) electrons. The Labute approximate surface area is 256 Å². The number of ether oxygens (including phenoxy) is 1. The number of rotatable bonds is 11. The van der Waals surface area contributed by atoms with Crippen LogP contribution in [0, 0.1) is 0 Å². The number of nitrogens with one attached hydrogen (secondary N) is 2. The molecule has 1 saturated carbocycles. The summed E-state index contributed by atoms with van der Waals surface area (Å²) >= 11 is 0. The van der Waals surface area contributed by atoms with Crippen LogP contribution in [0.2, 0.25) is 0 Å². The number of aliphatic hydroxyl groups excluding tert-OH is 1. The van der Waals surface area contributed by atoms with Gasteiger partial charge in [-0.05, 0) is 70.5 Å². The summed E-state index contributed by atoms with van der Waals surface area (Å²) in [7, 11) is 2.21. The number of benzene rings is 1. The van der Waals surface area contributed by atoms with E-state index >= 15 is 0 Å². The van der Waals surface area contributed by atoms with E-state index < -0.39 is 5.91 Å². The van der Waals surface area contributed by atoms with Crippen LogP contribution in [-0.2, 0) is 6.42 Å². The molecule has 1 amide bonds. The average Bonchev–Trinajstić information content (AvgIpc) is 3.02. The number of amides is 1. The highest BCUT2D eigenvalue weighted by Crippen LogP contribution is 2.36. The fraction of sp³-hybridized carbons (Fsp3) is 0.656. The van der Waals surface area contributed by atoms with Crippen molar-refractivity contribution in [3.8, 4) is 5.75 Å². The van der Waals surface area contributed by atoms with E-state index in [0.717, 1.165) is 101 Å². The van der Waals surface area contributed by atoms with Gasteiger partial charge in [-0.25, -0.2) is 9.97 Å². The smallest absolute Gasteiger partial charge is 0.271 e. The highest BCUT2D eigenvalue weighted by Gasteiger charge is 2.28. The largest absolute Gasteiger partial charge is 0.491 e. The molecule has 11 nitrogen and oxygen atoms in total. The van der Waals surface area contributed by atoms with E-state index in [2.05, 4.69) is 50.4 Å². The Hall–Kier alpha value is -3.15. The van der Waals surface area contributed by atoms with E-state index in [1.54, 1.807) is 0 Å². The number of nitrogens with zero attached hydrogens (tertiary/aromatic N) is 5. The zero-order valence-electron chi connectivity index (χ0n) is 26.1. The van der Waals surface area contributed by atoms with Gasteiger partial charge in [-0.15, -0.1) is 0 Å². The lowest BCUT2D eigenvalue weighted by atomic mass is 9.93. The summed E-state index contributed by atoms with van der Waals surface area (Å²) in [4.78, 5) is 29.4. The molecule has 1 aromatic heterocycles. The van der Waals surface area contributed by atoms with Crippen molar-refractivity contribution in [2.45, 2.75) is 83.4 Å². The molecule has 0 atom stereocenters. The zero-order valence-corrected chi connectivity index (χ0v) is 26.1. The van der Waals surface area contributed by atoms with Crippen LogP contribution in [0.25, 0.3) is 0 Å². The van der Waals surface area contributed by atoms with Crippen molar-refractivity contribution < 1.29 is 14.6 Å². The number of primary amides is 1. The summed E-state index contributed by atoms with van der Waals surface area (Å²) < 4.78 is 6.26. The normalized spacial score (nSPS) is 22.4. The second-order valence-corrected chi connectivity index (χ2v) is 12.3. The number of carbonyl (C=O) groups is 1. The molecule has 0 unspecified atom stereocenters. The second kappa shape index (κ2) is 14.5. The van der Waals surface area contributed by atoms with Crippen LogP contribution in [0.3, 0.4) is 0 Å². The molecule has 0 spiro atoms. The Kier molecular flexibility index (Phi) is 10.6. The van der Waals surface area contributed by atoms with E-state index in [1.165, 1.54) is 0 Å². The van der Waals surface area contributed by atoms with Crippen LogP contribution in [0.15, 0.2) is 18.2 Å². The lowest BCUT2D eigenvalue weighted by molar-refractivity contribution is 0.0981. The Morgan fingerprint density at radius 1 is 1.00 bits per heavy atom. The minimum Gasteiger partial charge on any atom is -0.491 e. The van der Waals surface area contributed by atoms with Gasteiger partial charge >= 0.3 is 0 Å². The first-order chi connectivity index (χ1) is 20.8. The maximum Gasteiger partial charge on any atom is 0.271 e. The zero-order chi connectivity index (χ0) is 30.3. The maximum absolute atomic E-state index is 12.4. The molecule has 1 aromatic carbocycles. The molecule has 5 N–H and O–H groups in total. The summed E-state index contributed by atoms with van der Waals surface area (Å²) in [6.07, 6.45) is 6.82. The highest BCUT2D eigenvalue weighted by molar-refractivity contribution is 5.96. The van der Waals surface area contributed by atoms with Crippen LogP contribution in [0.4, 0.5) is 23.0 Å². The van der Waals surface area contributed by atoms with Gasteiger partial charge in [0.25, 0.3) is 5.91 Å². The van der Waals surface area contributed by atoms with Crippen LogP contribution in [-0.4, -0.2) is 102 Å². The molecule has 3 fully saturated rings. The third-order valence-electron chi connectivity index (χ3n) is 9.12. The molecule has 3 heterocycles. The molecule has 0 bridgehead atoms. The topological polar surface area (TPSA) is 132 Å². The summed E-state index contributed by atoms with van der Waals surface area (Å²) in [6, 6.07) is 6.95. The fourth-order valence-electron chi connectivity index (χ4n) is 6.48. The summed E-state index contributed by atoms with van der Waals surface area (Å²) in [5, 5.41) is 16.8. The predicted molar refractivity (Wildman–Crippen MR) is 172 cm³/mol. The third-order valence-corrected chi connectivity index (χ3v) is 9.12. The number of nitrogens with two attached hydrogens (primary N) is 1. The second-order valence-electron chi connectivity index (χ2n) is 12.3. The van der Waals surface area contributed by atoms with Crippen LogP contribution in [0.1, 0.15) is 75.0 Å². The van der Waals surface area contributed by atoms with Gasteiger partial charge in [0.05, 0.1) is 24.1 Å². The number of piperazine rings is 1. The number of aryl methyl sites for hydroxylation is 1. The molecular formula is C32H50N8O3. The lowest BCUT2D eigenvalue weighted by Crippen LogP contribution is -2.52. The number of aromatic nitrogens is 2. The number of anilines is 4. The standard InChI is InChI=1S/C32H50N8O3/c1-4-20-43-28-21-23(8-11-27(28)40-14-12-24(13-15-40)39-18-16-38(3)17-19-39)35-32-29(30(33)42)36-26(5-2)31(37-32)34-22-6-9-25(41)10-7-22/h8,11,21-22,24-25,41H,4-7,9-10,12-20H2,1-3H3,(H2,33,42)(H2,34,35,37)/t22-,25-. The molecule has 43 heavy (non-hydrogen) atoms. The van der Waals surface area contributed by atoms with Gasteiger partial charge < -0.3 is 36.0 Å². The Morgan fingerprint density at radius 3 is 2.37 bits per heavy atom.